The fourth-order valence-corrected chi connectivity index (χ4v) is 0.857. The first-order valence-electron chi connectivity index (χ1n) is 3.31. The van der Waals surface area contributed by atoms with Crippen LogP contribution in [0.25, 0.3) is 0 Å². The van der Waals surface area contributed by atoms with Crippen molar-refractivity contribution < 1.29 is 13.2 Å². The zero-order valence-corrected chi connectivity index (χ0v) is 6.12. The van der Waals surface area contributed by atoms with Gasteiger partial charge in [-0.25, -0.2) is 0 Å². The Hall–Kier alpha value is -1.04. The van der Waals surface area contributed by atoms with Gasteiger partial charge in [0.1, 0.15) is 0 Å². The third-order valence-electron chi connectivity index (χ3n) is 1.45. The van der Waals surface area contributed by atoms with E-state index in [0.717, 1.165) is 4.68 Å². The van der Waals surface area contributed by atoms with E-state index in [1.54, 1.807) is 0 Å². The van der Waals surface area contributed by atoms with Gasteiger partial charge in [-0.15, -0.1) is 0 Å². The molecule has 1 aromatic heterocycles. The number of nitrogens with zero attached hydrogens (tertiary/aromatic N) is 2. The molecule has 1 rings (SSSR count). The van der Waals surface area contributed by atoms with Crippen LogP contribution in [-0.2, 0) is 0 Å². The molecule has 0 aromatic carbocycles. The lowest BCUT2D eigenvalue weighted by atomic mass is 10.3. The number of aromatic nitrogens is 2. The summed E-state index contributed by atoms with van der Waals surface area (Å²) >= 11 is 0. The van der Waals surface area contributed by atoms with E-state index in [0.29, 0.717) is 0 Å². The summed E-state index contributed by atoms with van der Waals surface area (Å²) in [6, 6.07) is -0.290. The van der Waals surface area contributed by atoms with Crippen molar-refractivity contribution in [3.63, 3.8) is 0 Å². The van der Waals surface area contributed by atoms with Gasteiger partial charge in [0.25, 0.3) is 0 Å². The monoisotopic (exact) mass is 179 g/mol. The van der Waals surface area contributed by atoms with E-state index in [1.807, 2.05) is 0 Å². The topological polar surface area (TPSA) is 43.8 Å². The summed E-state index contributed by atoms with van der Waals surface area (Å²) in [4.78, 5) is 0. The van der Waals surface area contributed by atoms with E-state index in [1.165, 1.54) is 18.5 Å². The van der Waals surface area contributed by atoms with Gasteiger partial charge in [-0.3, -0.25) is 4.68 Å². The van der Waals surface area contributed by atoms with E-state index in [9.17, 15) is 13.2 Å². The Balaban J connectivity index is 2.84. The Kier molecular flexibility index (Phi) is 2.37. The largest absolute Gasteiger partial charge is 0.412 e. The van der Waals surface area contributed by atoms with Crippen molar-refractivity contribution in [1.82, 2.24) is 9.78 Å². The lowest BCUT2D eigenvalue weighted by molar-refractivity contribution is -0.167. The van der Waals surface area contributed by atoms with Gasteiger partial charge in [0.15, 0.2) is 6.04 Å². The van der Waals surface area contributed by atoms with Gasteiger partial charge in [0.2, 0.25) is 0 Å². The van der Waals surface area contributed by atoms with Crippen molar-refractivity contribution >= 4 is 0 Å². The number of hydrogen-bond donors (Lipinski definition) is 1. The maximum Gasteiger partial charge on any atom is 0.412 e. The number of rotatable bonds is 2. The molecule has 0 aliphatic heterocycles. The van der Waals surface area contributed by atoms with Crippen molar-refractivity contribution in [3.05, 3.63) is 18.5 Å². The minimum absolute atomic E-state index is 0.495. The summed E-state index contributed by atoms with van der Waals surface area (Å²) in [5, 5.41) is 3.47. The van der Waals surface area contributed by atoms with Crippen LogP contribution in [0, 0.1) is 0 Å². The third kappa shape index (κ3) is 1.76. The molecule has 0 bridgehead atoms. The van der Waals surface area contributed by atoms with Gasteiger partial charge in [-0.05, 0) is 6.07 Å². The Morgan fingerprint density at radius 2 is 2.17 bits per heavy atom. The molecular weight excluding hydrogens is 171 g/mol. The van der Waals surface area contributed by atoms with Crippen LogP contribution in [0.15, 0.2) is 18.5 Å². The molecule has 0 spiro atoms. The summed E-state index contributed by atoms with van der Waals surface area (Å²) in [7, 11) is 0. The molecule has 12 heavy (non-hydrogen) atoms. The predicted molar refractivity (Wildman–Crippen MR) is 36.4 cm³/mol. The molecule has 0 radical (unpaired) electrons. The number of halogens is 3. The third-order valence-corrected chi connectivity index (χ3v) is 1.45. The molecule has 0 aliphatic carbocycles. The van der Waals surface area contributed by atoms with Gasteiger partial charge in [-0.1, -0.05) is 0 Å². The smallest absolute Gasteiger partial charge is 0.328 e. The maximum absolute atomic E-state index is 12.1. The zero-order chi connectivity index (χ0) is 9.19. The van der Waals surface area contributed by atoms with Crippen molar-refractivity contribution in [2.24, 2.45) is 5.73 Å². The van der Waals surface area contributed by atoms with Crippen LogP contribution in [0.2, 0.25) is 0 Å². The van der Waals surface area contributed by atoms with Crippen molar-refractivity contribution in [3.8, 4) is 0 Å². The highest BCUT2D eigenvalue weighted by molar-refractivity contribution is 4.84. The Bertz CT molecular complexity index is 229. The first kappa shape index (κ1) is 9.05. The highest BCUT2D eigenvalue weighted by atomic mass is 19.4. The van der Waals surface area contributed by atoms with Crippen molar-refractivity contribution in [1.29, 1.82) is 0 Å². The SMILES string of the molecule is NC[C@@H](n1cccn1)C(F)(F)F. The molecule has 1 heterocycles. The van der Waals surface area contributed by atoms with Crippen LogP contribution in [0.1, 0.15) is 6.04 Å². The fraction of sp³-hybridized carbons (Fsp3) is 0.500. The van der Waals surface area contributed by atoms with Crippen molar-refractivity contribution in [2.45, 2.75) is 12.2 Å². The molecule has 1 aromatic rings. The summed E-state index contributed by atoms with van der Waals surface area (Å²) < 4.78 is 37.2. The van der Waals surface area contributed by atoms with Crippen LogP contribution in [0.4, 0.5) is 13.2 Å². The Labute approximate surface area is 67.0 Å². The number of alkyl halides is 3. The Morgan fingerprint density at radius 1 is 1.50 bits per heavy atom. The second kappa shape index (κ2) is 3.14. The summed E-state index contributed by atoms with van der Waals surface area (Å²) in [6.07, 6.45) is -1.81. The van der Waals surface area contributed by atoms with E-state index in [2.05, 4.69) is 5.10 Å². The average molecular weight is 179 g/mol. The molecular formula is C6H8F3N3. The number of nitrogens with two attached hydrogens (primary N) is 1. The lowest BCUT2D eigenvalue weighted by Crippen LogP contribution is -2.33. The zero-order valence-electron chi connectivity index (χ0n) is 6.12. The molecule has 0 amide bonds. The van der Waals surface area contributed by atoms with Gasteiger partial charge in [0, 0.05) is 18.9 Å². The van der Waals surface area contributed by atoms with Crippen LogP contribution < -0.4 is 5.73 Å². The molecule has 0 aliphatic rings. The van der Waals surface area contributed by atoms with E-state index < -0.39 is 18.8 Å². The molecule has 68 valence electrons. The van der Waals surface area contributed by atoms with E-state index in [4.69, 9.17) is 5.73 Å². The first-order chi connectivity index (χ1) is 5.55. The normalized spacial score (nSPS) is 14.7. The van der Waals surface area contributed by atoms with Crippen molar-refractivity contribution in [2.75, 3.05) is 6.54 Å². The van der Waals surface area contributed by atoms with Crippen LogP contribution >= 0.6 is 0 Å². The highest BCUT2D eigenvalue weighted by Crippen LogP contribution is 2.28. The molecule has 0 fully saturated rings. The second-order valence-electron chi connectivity index (χ2n) is 2.28. The van der Waals surface area contributed by atoms with Gasteiger partial charge in [-0.2, -0.15) is 18.3 Å². The van der Waals surface area contributed by atoms with Crippen LogP contribution in [-0.4, -0.2) is 22.5 Å². The molecule has 0 saturated heterocycles. The fourth-order valence-electron chi connectivity index (χ4n) is 0.857. The standard InChI is InChI=1S/C6H8F3N3/c7-6(8,9)5(4-10)12-3-1-2-11-12/h1-3,5H,4,10H2/t5-/m1/s1. The quantitative estimate of drug-likeness (QED) is 0.734. The maximum atomic E-state index is 12.1. The van der Waals surface area contributed by atoms with Crippen LogP contribution in [0.3, 0.4) is 0 Å². The Morgan fingerprint density at radius 3 is 2.50 bits per heavy atom. The van der Waals surface area contributed by atoms with Gasteiger partial charge < -0.3 is 5.73 Å². The van der Waals surface area contributed by atoms with E-state index >= 15 is 0 Å². The highest BCUT2D eigenvalue weighted by Gasteiger charge is 2.40. The minimum Gasteiger partial charge on any atom is -0.328 e. The van der Waals surface area contributed by atoms with E-state index in [-0.39, 0.29) is 0 Å². The molecule has 3 nitrogen and oxygen atoms in total. The molecule has 6 heteroatoms. The van der Waals surface area contributed by atoms with Gasteiger partial charge >= 0.3 is 6.18 Å². The summed E-state index contributed by atoms with van der Waals surface area (Å²) in [6.45, 7) is -0.495. The molecule has 0 unspecified atom stereocenters. The van der Waals surface area contributed by atoms with Gasteiger partial charge in [0.05, 0.1) is 0 Å². The molecule has 1 atom stereocenters. The minimum atomic E-state index is -4.33. The van der Waals surface area contributed by atoms with Crippen LogP contribution in [0.5, 0.6) is 0 Å². The second-order valence-corrected chi connectivity index (χ2v) is 2.28. The lowest BCUT2D eigenvalue weighted by Gasteiger charge is -2.18. The molecule has 2 N–H and O–H groups in total. The predicted octanol–water partition coefficient (Wildman–Crippen LogP) is 0.945. The summed E-state index contributed by atoms with van der Waals surface area (Å²) in [5.41, 5.74) is 4.97. The average Bonchev–Trinajstić information content (AvgIpc) is 2.38. The summed E-state index contributed by atoms with van der Waals surface area (Å²) in [5.74, 6) is 0. The molecule has 0 saturated carbocycles. The first-order valence-corrected chi connectivity index (χ1v) is 3.31. The number of hydrogen-bond acceptors (Lipinski definition) is 2.